The van der Waals surface area contributed by atoms with Crippen molar-refractivity contribution in [3.8, 4) is 0 Å². The van der Waals surface area contributed by atoms with Gasteiger partial charge in [0.1, 0.15) is 12.1 Å². The number of aliphatic hydroxyl groups is 1. The van der Waals surface area contributed by atoms with Gasteiger partial charge in [-0.25, -0.2) is 4.79 Å². The number of carbonyl (C=O) groups is 4. The second-order valence-electron chi connectivity index (χ2n) is 7.35. The first kappa shape index (κ1) is 19.6. The summed E-state index contributed by atoms with van der Waals surface area (Å²) in [6, 6.07) is -2.10. The SMILES string of the molecule is O=C(NCC(=O)N1CCC[C@H]1C(=O)N1C[C@H](O)C[C@H]1C(=O)O)[C@@H]1CCCN1. The molecule has 10 heteroatoms. The molecule has 3 rings (SSSR count). The summed E-state index contributed by atoms with van der Waals surface area (Å²) in [5.74, 6) is -2.19. The van der Waals surface area contributed by atoms with E-state index in [2.05, 4.69) is 10.6 Å². The highest BCUT2D eigenvalue weighted by molar-refractivity contribution is 5.93. The van der Waals surface area contributed by atoms with E-state index in [1.807, 2.05) is 0 Å². The normalized spacial score (nSPS) is 30.6. The van der Waals surface area contributed by atoms with Crippen molar-refractivity contribution in [2.24, 2.45) is 0 Å². The second-order valence-corrected chi connectivity index (χ2v) is 7.35. The van der Waals surface area contributed by atoms with Gasteiger partial charge in [-0.1, -0.05) is 0 Å². The molecule has 3 aliphatic heterocycles. The summed E-state index contributed by atoms with van der Waals surface area (Å²) in [6.45, 7) is 0.937. The number of nitrogens with zero attached hydrogens (tertiary/aromatic N) is 2. The molecule has 150 valence electrons. The first-order chi connectivity index (χ1) is 12.9. The van der Waals surface area contributed by atoms with Crippen LogP contribution in [0.3, 0.4) is 0 Å². The molecule has 3 aliphatic rings. The number of carboxylic acid groups (broad SMARTS) is 1. The van der Waals surface area contributed by atoms with Crippen LogP contribution in [-0.2, 0) is 19.2 Å². The van der Waals surface area contributed by atoms with E-state index >= 15 is 0 Å². The molecular weight excluding hydrogens is 356 g/mol. The number of hydrogen-bond donors (Lipinski definition) is 4. The molecular formula is C17H26N4O6. The summed E-state index contributed by atoms with van der Waals surface area (Å²) in [5, 5.41) is 24.7. The molecule has 3 saturated heterocycles. The molecule has 0 saturated carbocycles. The lowest BCUT2D eigenvalue weighted by atomic mass is 10.1. The highest BCUT2D eigenvalue weighted by Crippen LogP contribution is 2.25. The Labute approximate surface area is 156 Å². The number of β-amino-alcohol motifs (C(OH)–C–C–N with tert-alkyl or cyclic N) is 1. The molecule has 0 aromatic rings. The standard InChI is InChI=1S/C17H26N4O6/c22-10-7-13(17(26)27)21(9-10)16(25)12-4-2-6-20(12)14(23)8-19-15(24)11-3-1-5-18-11/h10-13,18,22H,1-9H2,(H,19,24)(H,26,27)/t10-,11+,12+,13+/m1/s1. The van der Waals surface area contributed by atoms with Crippen LogP contribution < -0.4 is 10.6 Å². The Kier molecular flexibility index (Phi) is 5.95. The molecule has 10 nitrogen and oxygen atoms in total. The summed E-state index contributed by atoms with van der Waals surface area (Å²) in [7, 11) is 0. The fourth-order valence-electron chi connectivity index (χ4n) is 4.10. The van der Waals surface area contributed by atoms with Crippen LogP contribution in [0.4, 0.5) is 0 Å². The molecule has 27 heavy (non-hydrogen) atoms. The fourth-order valence-corrected chi connectivity index (χ4v) is 4.10. The van der Waals surface area contributed by atoms with E-state index in [1.165, 1.54) is 4.90 Å². The first-order valence-corrected chi connectivity index (χ1v) is 9.40. The van der Waals surface area contributed by atoms with Crippen molar-refractivity contribution in [2.75, 3.05) is 26.2 Å². The molecule has 4 atom stereocenters. The number of carbonyl (C=O) groups excluding carboxylic acids is 3. The lowest BCUT2D eigenvalue weighted by Gasteiger charge is -2.30. The molecule has 3 amide bonds. The monoisotopic (exact) mass is 382 g/mol. The number of likely N-dealkylation sites (tertiary alicyclic amines) is 2. The largest absolute Gasteiger partial charge is 0.480 e. The average molecular weight is 382 g/mol. The minimum Gasteiger partial charge on any atom is -0.480 e. The van der Waals surface area contributed by atoms with E-state index in [0.29, 0.717) is 19.4 Å². The predicted molar refractivity (Wildman–Crippen MR) is 92.5 cm³/mol. The summed E-state index contributed by atoms with van der Waals surface area (Å²) in [4.78, 5) is 51.3. The van der Waals surface area contributed by atoms with E-state index in [1.54, 1.807) is 0 Å². The van der Waals surface area contributed by atoms with E-state index in [4.69, 9.17) is 0 Å². The smallest absolute Gasteiger partial charge is 0.326 e. The molecule has 3 heterocycles. The van der Waals surface area contributed by atoms with Crippen molar-refractivity contribution in [3.05, 3.63) is 0 Å². The van der Waals surface area contributed by atoms with Gasteiger partial charge in [-0.3, -0.25) is 14.4 Å². The van der Waals surface area contributed by atoms with Gasteiger partial charge in [-0.15, -0.1) is 0 Å². The van der Waals surface area contributed by atoms with Crippen LogP contribution in [-0.4, -0.2) is 94.1 Å². The molecule has 0 spiro atoms. The van der Waals surface area contributed by atoms with Crippen LogP contribution in [0.2, 0.25) is 0 Å². The third-order valence-corrected chi connectivity index (χ3v) is 5.50. The van der Waals surface area contributed by atoms with Gasteiger partial charge < -0.3 is 30.6 Å². The van der Waals surface area contributed by atoms with Crippen LogP contribution in [0.5, 0.6) is 0 Å². The number of rotatable bonds is 5. The molecule has 3 fully saturated rings. The van der Waals surface area contributed by atoms with Crippen LogP contribution in [0.25, 0.3) is 0 Å². The number of hydrogen-bond acceptors (Lipinski definition) is 6. The molecule has 0 unspecified atom stereocenters. The maximum absolute atomic E-state index is 12.8. The fraction of sp³-hybridized carbons (Fsp3) is 0.765. The van der Waals surface area contributed by atoms with Gasteiger partial charge in [0.05, 0.1) is 18.7 Å². The van der Waals surface area contributed by atoms with E-state index in [9.17, 15) is 29.4 Å². The Morgan fingerprint density at radius 3 is 2.52 bits per heavy atom. The highest BCUT2D eigenvalue weighted by atomic mass is 16.4. The van der Waals surface area contributed by atoms with Crippen LogP contribution in [0.1, 0.15) is 32.1 Å². The Morgan fingerprint density at radius 1 is 1.07 bits per heavy atom. The molecule has 0 bridgehead atoms. The first-order valence-electron chi connectivity index (χ1n) is 9.40. The van der Waals surface area contributed by atoms with Crippen molar-refractivity contribution in [2.45, 2.75) is 56.3 Å². The summed E-state index contributed by atoms with van der Waals surface area (Å²) in [5.41, 5.74) is 0. The Hall–Kier alpha value is -2.20. The number of carboxylic acids is 1. The van der Waals surface area contributed by atoms with Gasteiger partial charge in [0.2, 0.25) is 17.7 Å². The van der Waals surface area contributed by atoms with Crippen LogP contribution in [0.15, 0.2) is 0 Å². The van der Waals surface area contributed by atoms with Gasteiger partial charge in [0.25, 0.3) is 0 Å². The average Bonchev–Trinajstić information content (AvgIpc) is 3.37. The Morgan fingerprint density at radius 2 is 1.85 bits per heavy atom. The lowest BCUT2D eigenvalue weighted by Crippen LogP contribution is -2.53. The Balaban J connectivity index is 1.58. The Bertz CT molecular complexity index is 621. The number of aliphatic hydroxyl groups excluding tert-OH is 1. The molecule has 0 aromatic heterocycles. The molecule has 0 aliphatic carbocycles. The number of nitrogens with one attached hydrogen (secondary N) is 2. The third kappa shape index (κ3) is 4.22. The summed E-state index contributed by atoms with van der Waals surface area (Å²) in [6.07, 6.45) is 1.85. The van der Waals surface area contributed by atoms with E-state index in [0.717, 1.165) is 24.3 Å². The summed E-state index contributed by atoms with van der Waals surface area (Å²) >= 11 is 0. The van der Waals surface area contributed by atoms with Crippen molar-refractivity contribution < 1.29 is 29.4 Å². The van der Waals surface area contributed by atoms with Gasteiger partial charge >= 0.3 is 5.97 Å². The zero-order valence-electron chi connectivity index (χ0n) is 15.1. The van der Waals surface area contributed by atoms with E-state index in [-0.39, 0.29) is 37.4 Å². The maximum Gasteiger partial charge on any atom is 0.326 e. The van der Waals surface area contributed by atoms with Gasteiger partial charge in [-0.2, -0.15) is 0 Å². The minimum atomic E-state index is -1.16. The van der Waals surface area contributed by atoms with Crippen molar-refractivity contribution in [1.29, 1.82) is 0 Å². The number of aliphatic carboxylic acids is 1. The summed E-state index contributed by atoms with van der Waals surface area (Å²) < 4.78 is 0. The van der Waals surface area contributed by atoms with Crippen LogP contribution >= 0.6 is 0 Å². The van der Waals surface area contributed by atoms with Crippen molar-refractivity contribution >= 4 is 23.7 Å². The minimum absolute atomic E-state index is 0.00775. The maximum atomic E-state index is 12.8. The van der Waals surface area contributed by atoms with Crippen molar-refractivity contribution in [3.63, 3.8) is 0 Å². The third-order valence-electron chi connectivity index (χ3n) is 5.50. The second kappa shape index (κ2) is 8.22. The number of amides is 3. The van der Waals surface area contributed by atoms with E-state index < -0.39 is 30.1 Å². The molecule has 0 radical (unpaired) electrons. The lowest BCUT2D eigenvalue weighted by molar-refractivity contribution is -0.151. The van der Waals surface area contributed by atoms with Crippen LogP contribution in [0, 0.1) is 0 Å². The zero-order chi connectivity index (χ0) is 19.6. The highest BCUT2D eigenvalue weighted by Gasteiger charge is 2.44. The molecule has 4 N–H and O–H groups in total. The van der Waals surface area contributed by atoms with Gasteiger partial charge in [0, 0.05) is 19.5 Å². The predicted octanol–water partition coefficient (Wildman–Crippen LogP) is -2.11. The van der Waals surface area contributed by atoms with Gasteiger partial charge in [-0.05, 0) is 32.2 Å². The molecule has 0 aromatic carbocycles. The zero-order valence-corrected chi connectivity index (χ0v) is 15.1. The quantitative estimate of drug-likeness (QED) is 0.427. The van der Waals surface area contributed by atoms with Crippen molar-refractivity contribution in [1.82, 2.24) is 20.4 Å². The topological polar surface area (TPSA) is 139 Å². The van der Waals surface area contributed by atoms with Gasteiger partial charge in [0.15, 0.2) is 0 Å².